The number of hydrogen-bond acceptors (Lipinski definition) is 4. The second kappa shape index (κ2) is 8.74. The van der Waals surface area contributed by atoms with E-state index in [-0.39, 0.29) is 18.7 Å². The maximum atomic E-state index is 12.2. The molecule has 0 spiro atoms. The van der Waals surface area contributed by atoms with Crippen molar-refractivity contribution in [2.45, 2.75) is 58.3 Å². The van der Waals surface area contributed by atoms with Crippen LogP contribution in [-0.2, 0) is 16.1 Å². The van der Waals surface area contributed by atoms with Gasteiger partial charge in [-0.05, 0) is 45.6 Å². The summed E-state index contributed by atoms with van der Waals surface area (Å²) in [5.41, 5.74) is 0.452. The second-order valence-corrected chi connectivity index (χ2v) is 7.25. The minimum Gasteiger partial charge on any atom is -0.445 e. The molecule has 138 valence electrons. The van der Waals surface area contributed by atoms with Crippen molar-refractivity contribution in [1.29, 1.82) is 0 Å². The van der Waals surface area contributed by atoms with Gasteiger partial charge >= 0.3 is 12.2 Å². The third-order valence-corrected chi connectivity index (χ3v) is 3.96. The quantitative estimate of drug-likeness (QED) is 0.881. The van der Waals surface area contributed by atoms with Crippen molar-refractivity contribution in [1.82, 2.24) is 10.2 Å². The number of nitrogens with one attached hydrogen (secondary N) is 1. The number of nitrogens with zero attached hydrogens (tertiary/aromatic N) is 1. The Morgan fingerprint density at radius 3 is 2.64 bits per heavy atom. The molecular formula is C19H28N2O4. The standard InChI is InChI=1S/C19H28N2O4/c1-19(2,3)25-18(23)21-13-7-10-16(21)11-12-20-17(22)24-14-15-8-5-4-6-9-15/h4-6,8-9,16H,7,10-14H2,1-3H3,(H,20,22)/t16-/m0/s1. The molecule has 1 heterocycles. The Morgan fingerprint density at radius 2 is 1.96 bits per heavy atom. The third-order valence-electron chi connectivity index (χ3n) is 3.96. The van der Waals surface area contributed by atoms with E-state index in [1.54, 1.807) is 4.90 Å². The Kier molecular flexibility index (Phi) is 6.67. The Bertz CT molecular complexity index is 569. The van der Waals surface area contributed by atoms with Gasteiger partial charge < -0.3 is 19.7 Å². The number of carbonyl (C=O) groups excluding carboxylic acids is 2. The average Bonchev–Trinajstić information content (AvgIpc) is 3.01. The largest absolute Gasteiger partial charge is 0.445 e. The molecule has 1 atom stereocenters. The Morgan fingerprint density at radius 1 is 1.24 bits per heavy atom. The summed E-state index contributed by atoms with van der Waals surface area (Å²) < 4.78 is 10.6. The van der Waals surface area contributed by atoms with Crippen LogP contribution in [0.4, 0.5) is 9.59 Å². The van der Waals surface area contributed by atoms with Crippen LogP contribution in [0.5, 0.6) is 0 Å². The molecule has 1 aliphatic rings. The van der Waals surface area contributed by atoms with Gasteiger partial charge in [0.25, 0.3) is 0 Å². The van der Waals surface area contributed by atoms with Crippen LogP contribution in [0, 0.1) is 0 Å². The van der Waals surface area contributed by atoms with Crippen LogP contribution in [0.3, 0.4) is 0 Å². The molecule has 0 unspecified atom stereocenters. The van der Waals surface area contributed by atoms with Gasteiger partial charge in [0.05, 0.1) is 0 Å². The van der Waals surface area contributed by atoms with Gasteiger partial charge in [0.1, 0.15) is 12.2 Å². The predicted molar refractivity (Wildman–Crippen MR) is 95.2 cm³/mol. The van der Waals surface area contributed by atoms with E-state index in [0.29, 0.717) is 19.5 Å². The number of carbonyl (C=O) groups is 2. The highest BCUT2D eigenvalue weighted by Gasteiger charge is 2.31. The molecule has 6 heteroatoms. The van der Waals surface area contributed by atoms with Gasteiger partial charge in [-0.2, -0.15) is 0 Å². The molecule has 1 aromatic rings. The molecule has 1 aliphatic heterocycles. The molecule has 6 nitrogen and oxygen atoms in total. The summed E-state index contributed by atoms with van der Waals surface area (Å²) >= 11 is 0. The fourth-order valence-electron chi connectivity index (χ4n) is 2.81. The molecule has 0 aliphatic carbocycles. The van der Waals surface area contributed by atoms with E-state index in [1.807, 2.05) is 51.1 Å². The average molecular weight is 348 g/mol. The van der Waals surface area contributed by atoms with Crippen LogP contribution in [0.15, 0.2) is 30.3 Å². The van der Waals surface area contributed by atoms with Crippen LogP contribution in [0.1, 0.15) is 45.6 Å². The maximum Gasteiger partial charge on any atom is 0.410 e. The molecule has 1 saturated heterocycles. The summed E-state index contributed by atoms with van der Waals surface area (Å²) in [6.07, 6.45) is 1.87. The van der Waals surface area contributed by atoms with Crippen LogP contribution < -0.4 is 5.32 Å². The fraction of sp³-hybridized carbons (Fsp3) is 0.579. The first-order valence-corrected chi connectivity index (χ1v) is 8.79. The van der Waals surface area contributed by atoms with E-state index >= 15 is 0 Å². The van der Waals surface area contributed by atoms with E-state index in [9.17, 15) is 9.59 Å². The van der Waals surface area contributed by atoms with E-state index in [1.165, 1.54) is 0 Å². The summed E-state index contributed by atoms with van der Waals surface area (Å²) in [6.45, 7) is 7.01. The van der Waals surface area contributed by atoms with Gasteiger partial charge in [0.2, 0.25) is 0 Å². The number of ether oxygens (including phenoxy) is 2. The highest BCUT2D eigenvalue weighted by molar-refractivity contribution is 5.69. The highest BCUT2D eigenvalue weighted by Crippen LogP contribution is 2.22. The lowest BCUT2D eigenvalue weighted by Gasteiger charge is -2.28. The molecular weight excluding hydrogens is 320 g/mol. The van der Waals surface area contributed by atoms with Crippen molar-refractivity contribution < 1.29 is 19.1 Å². The maximum absolute atomic E-state index is 12.2. The monoisotopic (exact) mass is 348 g/mol. The second-order valence-electron chi connectivity index (χ2n) is 7.25. The molecule has 2 rings (SSSR count). The zero-order valence-corrected chi connectivity index (χ0v) is 15.3. The molecule has 1 fully saturated rings. The van der Waals surface area contributed by atoms with E-state index in [2.05, 4.69) is 5.32 Å². The van der Waals surface area contributed by atoms with Crippen molar-refractivity contribution in [3.63, 3.8) is 0 Å². The summed E-state index contributed by atoms with van der Waals surface area (Å²) in [7, 11) is 0. The van der Waals surface area contributed by atoms with E-state index in [4.69, 9.17) is 9.47 Å². The number of alkyl carbamates (subject to hydrolysis) is 1. The van der Waals surface area contributed by atoms with Gasteiger partial charge in [0, 0.05) is 19.1 Å². The van der Waals surface area contributed by atoms with Crippen molar-refractivity contribution >= 4 is 12.2 Å². The van der Waals surface area contributed by atoms with Crippen molar-refractivity contribution in [3.05, 3.63) is 35.9 Å². The lowest BCUT2D eigenvalue weighted by Crippen LogP contribution is -2.41. The normalized spacial score (nSPS) is 17.2. The Hall–Kier alpha value is -2.24. The van der Waals surface area contributed by atoms with Crippen molar-refractivity contribution in [2.75, 3.05) is 13.1 Å². The first-order chi connectivity index (χ1) is 11.8. The smallest absolute Gasteiger partial charge is 0.410 e. The molecule has 0 aromatic heterocycles. The summed E-state index contributed by atoms with van der Waals surface area (Å²) in [6, 6.07) is 9.64. The highest BCUT2D eigenvalue weighted by atomic mass is 16.6. The lowest BCUT2D eigenvalue weighted by atomic mass is 10.1. The molecule has 1 aromatic carbocycles. The minimum atomic E-state index is -0.496. The van der Waals surface area contributed by atoms with Crippen LogP contribution in [-0.4, -0.2) is 41.8 Å². The molecule has 25 heavy (non-hydrogen) atoms. The lowest BCUT2D eigenvalue weighted by molar-refractivity contribution is 0.0221. The first kappa shape index (κ1) is 19.1. The molecule has 0 radical (unpaired) electrons. The molecule has 0 bridgehead atoms. The van der Waals surface area contributed by atoms with E-state index < -0.39 is 11.7 Å². The molecule has 1 N–H and O–H groups in total. The van der Waals surface area contributed by atoms with Gasteiger partial charge in [-0.1, -0.05) is 30.3 Å². The van der Waals surface area contributed by atoms with Gasteiger partial charge in [-0.25, -0.2) is 9.59 Å². The van der Waals surface area contributed by atoms with E-state index in [0.717, 1.165) is 18.4 Å². The van der Waals surface area contributed by atoms with Crippen molar-refractivity contribution in [2.24, 2.45) is 0 Å². The van der Waals surface area contributed by atoms with Crippen molar-refractivity contribution in [3.8, 4) is 0 Å². The van der Waals surface area contributed by atoms with Crippen LogP contribution in [0.25, 0.3) is 0 Å². The minimum absolute atomic E-state index is 0.101. The van der Waals surface area contributed by atoms with Crippen LogP contribution in [0.2, 0.25) is 0 Å². The number of amides is 2. The fourth-order valence-corrected chi connectivity index (χ4v) is 2.81. The van der Waals surface area contributed by atoms with Crippen LogP contribution >= 0.6 is 0 Å². The van der Waals surface area contributed by atoms with Gasteiger partial charge in [-0.3, -0.25) is 0 Å². The number of rotatable bonds is 5. The molecule has 2 amide bonds. The summed E-state index contributed by atoms with van der Waals surface area (Å²) in [5.74, 6) is 0. The van der Waals surface area contributed by atoms with Gasteiger partial charge in [-0.15, -0.1) is 0 Å². The predicted octanol–water partition coefficient (Wildman–Crippen LogP) is 3.70. The zero-order valence-electron chi connectivity index (χ0n) is 15.3. The number of benzene rings is 1. The molecule has 0 saturated carbocycles. The summed E-state index contributed by atoms with van der Waals surface area (Å²) in [4.78, 5) is 25.7. The Labute approximate surface area is 149 Å². The summed E-state index contributed by atoms with van der Waals surface area (Å²) in [5, 5.41) is 2.75. The third kappa shape index (κ3) is 6.64. The van der Waals surface area contributed by atoms with Gasteiger partial charge in [0.15, 0.2) is 0 Å². The topological polar surface area (TPSA) is 67.9 Å². The Balaban J connectivity index is 1.69. The SMILES string of the molecule is CC(C)(C)OC(=O)N1CCC[C@H]1CCNC(=O)OCc1ccccc1. The zero-order chi connectivity index (χ0) is 18.3. The number of likely N-dealkylation sites (tertiary alicyclic amines) is 1. The number of hydrogen-bond donors (Lipinski definition) is 1. The first-order valence-electron chi connectivity index (χ1n) is 8.79.